The summed E-state index contributed by atoms with van der Waals surface area (Å²) in [6.07, 6.45) is 1.00. The normalized spacial score (nSPS) is 11.9. The minimum atomic E-state index is -0.308. The van der Waals surface area contributed by atoms with Gasteiger partial charge in [0.1, 0.15) is 5.75 Å². The molecule has 1 unspecified atom stereocenters. The van der Waals surface area contributed by atoms with E-state index in [4.69, 9.17) is 4.74 Å². The number of hydrogen-bond donors (Lipinski definition) is 2. The summed E-state index contributed by atoms with van der Waals surface area (Å²) in [5, 5.41) is 5.25. The van der Waals surface area contributed by atoms with Crippen molar-refractivity contribution in [2.75, 3.05) is 13.2 Å². The predicted molar refractivity (Wildman–Crippen MR) is 86.9 cm³/mol. The Morgan fingerprint density at radius 3 is 2.45 bits per heavy atom. The maximum Gasteiger partial charge on any atom is 0.258 e. The lowest BCUT2D eigenvalue weighted by Gasteiger charge is -2.15. The van der Waals surface area contributed by atoms with Crippen molar-refractivity contribution in [3.63, 3.8) is 0 Å². The van der Waals surface area contributed by atoms with Crippen LogP contribution in [0.1, 0.15) is 45.6 Å². The van der Waals surface area contributed by atoms with Crippen LogP contribution in [0.25, 0.3) is 0 Å². The highest BCUT2D eigenvalue weighted by atomic mass is 16.5. The number of ether oxygens (including phenoxy) is 1. The molecule has 22 heavy (non-hydrogen) atoms. The lowest BCUT2D eigenvalue weighted by Crippen LogP contribution is -2.41. The number of carbonyl (C=O) groups is 2. The van der Waals surface area contributed by atoms with Crippen LogP contribution < -0.4 is 15.4 Å². The summed E-state index contributed by atoms with van der Waals surface area (Å²) in [5.74, 6) is 0.580. The maximum absolute atomic E-state index is 11.7. The fraction of sp³-hybridized carbons (Fsp3) is 0.529. The standard InChI is InChI=1S/C17H26N2O3/c1-5-13(4)14-8-6-7-9-15(14)22-11-17(21)18-10-16(20)19-12(2)3/h6-9,12-13H,5,10-11H2,1-4H3,(H,18,21)(H,19,20). The van der Waals surface area contributed by atoms with Crippen molar-refractivity contribution in [1.29, 1.82) is 0 Å². The van der Waals surface area contributed by atoms with Crippen molar-refractivity contribution in [3.05, 3.63) is 29.8 Å². The van der Waals surface area contributed by atoms with Gasteiger partial charge in [0, 0.05) is 6.04 Å². The Balaban J connectivity index is 2.46. The van der Waals surface area contributed by atoms with Gasteiger partial charge in [0.15, 0.2) is 6.61 Å². The van der Waals surface area contributed by atoms with E-state index in [-0.39, 0.29) is 31.0 Å². The summed E-state index contributed by atoms with van der Waals surface area (Å²) in [6.45, 7) is 7.85. The van der Waals surface area contributed by atoms with Crippen LogP contribution in [0.2, 0.25) is 0 Å². The third-order valence-corrected chi connectivity index (χ3v) is 3.32. The molecule has 0 bridgehead atoms. The van der Waals surface area contributed by atoms with E-state index < -0.39 is 0 Å². The van der Waals surface area contributed by atoms with Crippen molar-refractivity contribution in [2.24, 2.45) is 0 Å². The zero-order chi connectivity index (χ0) is 16.5. The molecule has 0 saturated carbocycles. The molecule has 5 nitrogen and oxygen atoms in total. The number of rotatable bonds is 8. The Kier molecular flexibility index (Phi) is 7.43. The van der Waals surface area contributed by atoms with Crippen LogP contribution >= 0.6 is 0 Å². The van der Waals surface area contributed by atoms with E-state index in [2.05, 4.69) is 24.5 Å². The quantitative estimate of drug-likeness (QED) is 0.774. The van der Waals surface area contributed by atoms with E-state index in [1.165, 1.54) is 0 Å². The van der Waals surface area contributed by atoms with E-state index in [1.807, 2.05) is 38.1 Å². The van der Waals surface area contributed by atoms with Gasteiger partial charge in [-0.05, 0) is 37.8 Å². The molecule has 0 spiro atoms. The second-order valence-electron chi connectivity index (χ2n) is 5.63. The van der Waals surface area contributed by atoms with Gasteiger partial charge in [-0.15, -0.1) is 0 Å². The van der Waals surface area contributed by atoms with Crippen molar-refractivity contribution in [3.8, 4) is 5.75 Å². The Hall–Kier alpha value is -2.04. The first-order chi connectivity index (χ1) is 10.4. The van der Waals surface area contributed by atoms with E-state index in [9.17, 15) is 9.59 Å². The molecule has 0 radical (unpaired) electrons. The topological polar surface area (TPSA) is 67.4 Å². The molecule has 0 aliphatic heterocycles. The Morgan fingerprint density at radius 1 is 1.14 bits per heavy atom. The average molecular weight is 306 g/mol. The summed E-state index contributed by atoms with van der Waals surface area (Å²) >= 11 is 0. The largest absolute Gasteiger partial charge is 0.483 e. The molecule has 0 heterocycles. The number of amides is 2. The molecule has 5 heteroatoms. The van der Waals surface area contributed by atoms with Crippen LogP contribution in [0.5, 0.6) is 5.75 Å². The van der Waals surface area contributed by atoms with Crippen LogP contribution in [0.4, 0.5) is 0 Å². The molecule has 1 rings (SSSR count). The summed E-state index contributed by atoms with van der Waals surface area (Å²) in [6, 6.07) is 7.78. The first-order valence-electron chi connectivity index (χ1n) is 7.71. The van der Waals surface area contributed by atoms with Gasteiger partial charge in [0.05, 0.1) is 6.54 Å². The molecule has 1 aromatic rings. The molecule has 122 valence electrons. The SMILES string of the molecule is CCC(C)c1ccccc1OCC(=O)NCC(=O)NC(C)C. The minimum Gasteiger partial charge on any atom is -0.483 e. The average Bonchev–Trinajstić information content (AvgIpc) is 2.49. The van der Waals surface area contributed by atoms with E-state index in [0.29, 0.717) is 5.92 Å². The number of carbonyl (C=O) groups excluding carboxylic acids is 2. The van der Waals surface area contributed by atoms with Gasteiger partial charge in [-0.25, -0.2) is 0 Å². The molecule has 0 aromatic heterocycles. The first kappa shape index (κ1) is 18.0. The molecular weight excluding hydrogens is 280 g/mol. The number of para-hydroxylation sites is 1. The lowest BCUT2D eigenvalue weighted by molar-refractivity contribution is -0.127. The van der Waals surface area contributed by atoms with Crippen LogP contribution in [0.15, 0.2) is 24.3 Å². The molecule has 0 aliphatic rings. The Labute approximate surface area is 132 Å². The van der Waals surface area contributed by atoms with Crippen LogP contribution in [0, 0.1) is 0 Å². The fourth-order valence-corrected chi connectivity index (χ4v) is 1.99. The number of nitrogens with one attached hydrogen (secondary N) is 2. The molecule has 0 fully saturated rings. The van der Waals surface area contributed by atoms with Gasteiger partial charge in [0.2, 0.25) is 5.91 Å². The summed E-state index contributed by atoms with van der Waals surface area (Å²) in [5.41, 5.74) is 1.09. The molecule has 1 atom stereocenters. The highest BCUT2D eigenvalue weighted by Crippen LogP contribution is 2.28. The molecule has 0 saturated heterocycles. The lowest BCUT2D eigenvalue weighted by atomic mass is 9.98. The zero-order valence-electron chi connectivity index (χ0n) is 13.8. The summed E-state index contributed by atoms with van der Waals surface area (Å²) < 4.78 is 5.59. The van der Waals surface area contributed by atoms with Gasteiger partial charge in [0.25, 0.3) is 5.91 Å². The highest BCUT2D eigenvalue weighted by Gasteiger charge is 2.11. The van der Waals surface area contributed by atoms with Gasteiger partial charge in [-0.2, -0.15) is 0 Å². The molecule has 0 aliphatic carbocycles. The monoisotopic (exact) mass is 306 g/mol. The van der Waals surface area contributed by atoms with E-state index in [1.54, 1.807) is 0 Å². The number of benzene rings is 1. The van der Waals surface area contributed by atoms with Crippen molar-refractivity contribution in [2.45, 2.75) is 46.1 Å². The Bertz CT molecular complexity index is 500. The molecule has 1 aromatic carbocycles. The third kappa shape index (κ3) is 6.16. The van der Waals surface area contributed by atoms with Gasteiger partial charge in [-0.1, -0.05) is 32.0 Å². The summed E-state index contributed by atoms with van der Waals surface area (Å²) in [7, 11) is 0. The second kappa shape index (κ2) is 9.07. The zero-order valence-corrected chi connectivity index (χ0v) is 13.8. The Morgan fingerprint density at radius 2 is 1.82 bits per heavy atom. The van der Waals surface area contributed by atoms with E-state index >= 15 is 0 Å². The summed E-state index contributed by atoms with van der Waals surface area (Å²) in [4.78, 5) is 23.2. The van der Waals surface area contributed by atoms with Gasteiger partial charge >= 0.3 is 0 Å². The van der Waals surface area contributed by atoms with Crippen LogP contribution in [0.3, 0.4) is 0 Å². The number of hydrogen-bond acceptors (Lipinski definition) is 3. The fourth-order valence-electron chi connectivity index (χ4n) is 1.99. The smallest absolute Gasteiger partial charge is 0.258 e. The predicted octanol–water partition coefficient (Wildman–Crippen LogP) is 2.22. The van der Waals surface area contributed by atoms with Crippen molar-refractivity contribution < 1.29 is 14.3 Å². The molecule has 2 N–H and O–H groups in total. The van der Waals surface area contributed by atoms with Crippen molar-refractivity contribution in [1.82, 2.24) is 10.6 Å². The van der Waals surface area contributed by atoms with E-state index in [0.717, 1.165) is 17.7 Å². The van der Waals surface area contributed by atoms with Crippen LogP contribution in [-0.4, -0.2) is 31.0 Å². The third-order valence-electron chi connectivity index (χ3n) is 3.32. The van der Waals surface area contributed by atoms with Crippen molar-refractivity contribution >= 4 is 11.8 Å². The molecule has 2 amide bonds. The molecular formula is C17H26N2O3. The first-order valence-corrected chi connectivity index (χ1v) is 7.71. The van der Waals surface area contributed by atoms with Gasteiger partial charge < -0.3 is 15.4 Å². The maximum atomic E-state index is 11.7. The second-order valence-corrected chi connectivity index (χ2v) is 5.63. The highest BCUT2D eigenvalue weighted by molar-refractivity contribution is 5.85. The van der Waals surface area contributed by atoms with Gasteiger partial charge in [-0.3, -0.25) is 9.59 Å². The minimum absolute atomic E-state index is 0.0343. The van der Waals surface area contributed by atoms with Crippen LogP contribution in [-0.2, 0) is 9.59 Å².